The number of aliphatic hydroxyl groups is 3. The van der Waals surface area contributed by atoms with Gasteiger partial charge in [-0.3, -0.25) is 0 Å². The fraction of sp³-hybridized carbons (Fsp3) is 0.833. The molecule has 0 bridgehead atoms. The SMILES string of the molecule is CCCCCCC=C[C@H]1CC[C@@H](C=O)[C@@H]1CCCCC(SCC(O)CO)C(O)C(=O)O. The highest BCUT2D eigenvalue weighted by Gasteiger charge is 2.34. The zero-order valence-corrected chi connectivity index (χ0v) is 19.7. The summed E-state index contributed by atoms with van der Waals surface area (Å²) in [5.74, 6) is -0.194. The van der Waals surface area contributed by atoms with E-state index in [-0.39, 0.29) is 18.3 Å². The van der Waals surface area contributed by atoms with Gasteiger partial charge in [0.05, 0.1) is 12.7 Å². The van der Waals surface area contributed by atoms with Crippen molar-refractivity contribution in [2.45, 2.75) is 95.0 Å². The molecule has 1 aliphatic rings. The van der Waals surface area contributed by atoms with E-state index in [2.05, 4.69) is 19.1 Å². The number of rotatable bonds is 18. The Kier molecular flexibility index (Phi) is 15.2. The maximum Gasteiger partial charge on any atom is 0.333 e. The Balaban J connectivity index is 2.49. The van der Waals surface area contributed by atoms with Crippen LogP contribution in [0, 0.1) is 17.8 Å². The Labute approximate surface area is 191 Å². The molecule has 6 nitrogen and oxygen atoms in total. The number of hydrogen-bond acceptors (Lipinski definition) is 6. The minimum atomic E-state index is -1.49. The summed E-state index contributed by atoms with van der Waals surface area (Å²) in [6.45, 7) is 1.82. The third-order valence-electron chi connectivity index (χ3n) is 6.31. The van der Waals surface area contributed by atoms with Gasteiger partial charge in [0.25, 0.3) is 0 Å². The maximum atomic E-state index is 11.5. The van der Waals surface area contributed by atoms with Gasteiger partial charge in [0.2, 0.25) is 0 Å². The average Bonchev–Trinajstić information content (AvgIpc) is 3.16. The van der Waals surface area contributed by atoms with Gasteiger partial charge in [-0.2, -0.15) is 11.8 Å². The van der Waals surface area contributed by atoms with Crippen molar-refractivity contribution >= 4 is 24.0 Å². The molecule has 0 aromatic carbocycles. The van der Waals surface area contributed by atoms with E-state index >= 15 is 0 Å². The summed E-state index contributed by atoms with van der Waals surface area (Å²) in [6, 6.07) is 0. The molecule has 6 atom stereocenters. The summed E-state index contributed by atoms with van der Waals surface area (Å²) in [6.07, 6.45) is 14.4. The Morgan fingerprint density at radius 3 is 2.48 bits per heavy atom. The van der Waals surface area contributed by atoms with E-state index in [1.54, 1.807) is 0 Å². The minimum Gasteiger partial charge on any atom is -0.479 e. The molecule has 0 radical (unpaired) electrons. The molecule has 1 aliphatic carbocycles. The molecule has 1 rings (SSSR count). The number of carbonyl (C=O) groups excluding carboxylic acids is 1. The lowest BCUT2D eigenvalue weighted by Crippen LogP contribution is -2.33. The van der Waals surface area contributed by atoms with Crippen molar-refractivity contribution in [2.24, 2.45) is 17.8 Å². The van der Waals surface area contributed by atoms with Crippen molar-refractivity contribution < 1.29 is 30.0 Å². The second kappa shape index (κ2) is 16.7. The van der Waals surface area contributed by atoms with Crippen molar-refractivity contribution in [3.63, 3.8) is 0 Å². The van der Waals surface area contributed by atoms with Gasteiger partial charge in [-0.25, -0.2) is 4.79 Å². The molecule has 0 spiro atoms. The normalized spacial score (nSPS) is 24.3. The van der Waals surface area contributed by atoms with Crippen LogP contribution in [0.4, 0.5) is 0 Å². The van der Waals surface area contributed by atoms with Crippen LogP contribution in [0.1, 0.15) is 77.6 Å². The Morgan fingerprint density at radius 2 is 1.84 bits per heavy atom. The number of hydrogen-bond donors (Lipinski definition) is 4. The first-order valence-corrected chi connectivity index (χ1v) is 12.9. The van der Waals surface area contributed by atoms with Crippen LogP contribution in [0.25, 0.3) is 0 Å². The Bertz CT molecular complexity index is 526. The number of carbonyl (C=O) groups is 2. The van der Waals surface area contributed by atoms with E-state index in [4.69, 9.17) is 10.2 Å². The van der Waals surface area contributed by atoms with Crippen LogP contribution in [0.3, 0.4) is 0 Å². The van der Waals surface area contributed by atoms with E-state index in [0.29, 0.717) is 18.3 Å². The third-order valence-corrected chi connectivity index (χ3v) is 7.81. The smallest absolute Gasteiger partial charge is 0.333 e. The zero-order chi connectivity index (χ0) is 23.1. The van der Waals surface area contributed by atoms with Gasteiger partial charge in [0.15, 0.2) is 6.10 Å². The molecular weight excluding hydrogens is 416 g/mol. The largest absolute Gasteiger partial charge is 0.479 e. The summed E-state index contributed by atoms with van der Waals surface area (Å²) in [5, 5.41) is 37.0. The first-order valence-electron chi connectivity index (χ1n) is 11.9. The molecule has 1 fully saturated rings. The van der Waals surface area contributed by atoms with Crippen LogP contribution < -0.4 is 0 Å². The topological polar surface area (TPSA) is 115 Å². The Hall–Kier alpha value is -0.890. The second-order valence-corrected chi connectivity index (χ2v) is 10.0. The number of aliphatic carboxylic acids is 1. The van der Waals surface area contributed by atoms with Crippen molar-refractivity contribution in [3.05, 3.63) is 12.2 Å². The predicted octanol–water partition coefficient (Wildman–Crippen LogP) is 3.82. The fourth-order valence-corrected chi connectivity index (χ4v) is 5.64. The molecule has 0 saturated heterocycles. The van der Waals surface area contributed by atoms with Crippen molar-refractivity contribution in [3.8, 4) is 0 Å². The van der Waals surface area contributed by atoms with Gasteiger partial charge in [0, 0.05) is 16.9 Å². The molecule has 4 N–H and O–H groups in total. The van der Waals surface area contributed by atoms with Crippen LogP contribution >= 0.6 is 11.8 Å². The van der Waals surface area contributed by atoms with Crippen LogP contribution in [0.5, 0.6) is 0 Å². The highest BCUT2D eigenvalue weighted by Crippen LogP contribution is 2.40. The summed E-state index contributed by atoms with van der Waals surface area (Å²) in [7, 11) is 0. The van der Waals surface area contributed by atoms with Crippen LogP contribution in [-0.2, 0) is 9.59 Å². The molecule has 180 valence electrons. The number of unbranched alkanes of at least 4 members (excludes halogenated alkanes) is 5. The summed E-state index contributed by atoms with van der Waals surface area (Å²) in [5.41, 5.74) is 0. The zero-order valence-electron chi connectivity index (χ0n) is 18.9. The summed E-state index contributed by atoms with van der Waals surface area (Å²) >= 11 is 1.19. The van der Waals surface area contributed by atoms with E-state index in [9.17, 15) is 19.8 Å². The number of aldehydes is 1. The number of carboxylic acids is 1. The lowest BCUT2D eigenvalue weighted by Gasteiger charge is -2.22. The standard InChI is InChI=1S/C24H42O6S/c1-2-3-4-5-6-7-10-18-13-14-19(15-25)21(18)11-8-9-12-22(23(28)24(29)30)31-17-20(27)16-26/h7,10,15,18-23,26-28H,2-6,8-9,11-14,16-17H2,1H3,(H,29,30)/t18-,19-,20?,21+,22?,23?/m0/s1. The molecule has 0 heterocycles. The van der Waals surface area contributed by atoms with Crippen LogP contribution in [0.15, 0.2) is 12.2 Å². The Morgan fingerprint density at radius 1 is 1.10 bits per heavy atom. The van der Waals surface area contributed by atoms with Gasteiger partial charge in [-0.1, -0.05) is 51.2 Å². The van der Waals surface area contributed by atoms with E-state index in [0.717, 1.165) is 44.8 Å². The van der Waals surface area contributed by atoms with E-state index in [1.807, 2.05) is 0 Å². The van der Waals surface area contributed by atoms with E-state index < -0.39 is 23.4 Å². The molecule has 31 heavy (non-hydrogen) atoms. The molecule has 1 saturated carbocycles. The third kappa shape index (κ3) is 11.0. The van der Waals surface area contributed by atoms with Crippen molar-refractivity contribution in [2.75, 3.05) is 12.4 Å². The molecule has 3 unspecified atom stereocenters. The lowest BCUT2D eigenvalue weighted by atomic mass is 9.85. The number of allylic oxidation sites excluding steroid dienone is 2. The van der Waals surface area contributed by atoms with Gasteiger partial charge in [0.1, 0.15) is 6.29 Å². The first-order chi connectivity index (χ1) is 14.9. The van der Waals surface area contributed by atoms with E-state index in [1.165, 1.54) is 37.4 Å². The molecule has 0 amide bonds. The van der Waals surface area contributed by atoms with Crippen molar-refractivity contribution in [1.82, 2.24) is 0 Å². The molecule has 0 aliphatic heterocycles. The quantitative estimate of drug-likeness (QED) is 0.140. The highest BCUT2D eigenvalue weighted by atomic mass is 32.2. The molecular formula is C24H42O6S. The van der Waals surface area contributed by atoms with Crippen LogP contribution in [-0.4, -0.2) is 62.5 Å². The summed E-state index contributed by atoms with van der Waals surface area (Å²) in [4.78, 5) is 22.7. The monoisotopic (exact) mass is 458 g/mol. The van der Waals surface area contributed by atoms with Gasteiger partial charge in [-0.05, 0) is 50.4 Å². The number of thioether (sulfide) groups is 1. The van der Waals surface area contributed by atoms with Gasteiger partial charge in [-0.15, -0.1) is 0 Å². The lowest BCUT2D eigenvalue weighted by molar-refractivity contribution is -0.146. The number of carboxylic acid groups (broad SMARTS) is 1. The molecule has 0 aromatic rings. The predicted molar refractivity (Wildman–Crippen MR) is 125 cm³/mol. The first kappa shape index (κ1) is 28.1. The molecule has 7 heteroatoms. The van der Waals surface area contributed by atoms with Gasteiger partial charge >= 0.3 is 5.97 Å². The van der Waals surface area contributed by atoms with Gasteiger partial charge < -0.3 is 25.2 Å². The second-order valence-electron chi connectivity index (χ2n) is 8.76. The van der Waals surface area contributed by atoms with Crippen LogP contribution in [0.2, 0.25) is 0 Å². The molecule has 0 aromatic heterocycles. The van der Waals surface area contributed by atoms with Crippen molar-refractivity contribution in [1.29, 1.82) is 0 Å². The highest BCUT2D eigenvalue weighted by molar-refractivity contribution is 8.00. The summed E-state index contributed by atoms with van der Waals surface area (Å²) < 4.78 is 0. The number of aliphatic hydroxyl groups excluding tert-OH is 3. The average molecular weight is 459 g/mol. The fourth-order valence-electron chi connectivity index (χ4n) is 4.43. The maximum absolute atomic E-state index is 11.5. The minimum absolute atomic E-state index is 0.101.